The lowest BCUT2D eigenvalue weighted by atomic mass is 10.2. The zero-order valence-electron chi connectivity index (χ0n) is 13.5. The summed E-state index contributed by atoms with van der Waals surface area (Å²) < 4.78 is 10.3. The van der Waals surface area contributed by atoms with Gasteiger partial charge in [-0.3, -0.25) is 0 Å². The monoisotopic (exact) mass is 324 g/mol. The second-order valence-corrected chi connectivity index (χ2v) is 5.00. The van der Waals surface area contributed by atoms with E-state index in [-0.39, 0.29) is 6.61 Å². The predicted molar refractivity (Wildman–Crippen MR) is 93.5 cm³/mol. The second kappa shape index (κ2) is 9.11. The van der Waals surface area contributed by atoms with Crippen LogP contribution in [0.3, 0.4) is 0 Å². The number of anilines is 1. The zero-order chi connectivity index (χ0) is 17.2. The van der Waals surface area contributed by atoms with Gasteiger partial charge in [0.1, 0.15) is 12.4 Å². The van der Waals surface area contributed by atoms with E-state index in [0.717, 1.165) is 11.1 Å². The highest BCUT2D eigenvalue weighted by Crippen LogP contribution is 2.19. The summed E-state index contributed by atoms with van der Waals surface area (Å²) in [5.74, 6) is 6.64. The number of carbonyl (C=O) groups is 1. The van der Waals surface area contributed by atoms with Crippen LogP contribution in [0, 0.1) is 11.8 Å². The summed E-state index contributed by atoms with van der Waals surface area (Å²) in [6, 6.07) is 14.8. The van der Waals surface area contributed by atoms with E-state index >= 15 is 0 Å². The van der Waals surface area contributed by atoms with Crippen LogP contribution in [0.25, 0.3) is 0 Å². The van der Waals surface area contributed by atoms with Crippen LogP contribution in [0.2, 0.25) is 0 Å². The van der Waals surface area contributed by atoms with E-state index in [1.54, 1.807) is 25.3 Å². The van der Waals surface area contributed by atoms with Crippen molar-refractivity contribution in [3.63, 3.8) is 0 Å². The molecule has 0 fully saturated rings. The molecule has 0 radical (unpaired) electrons. The molecule has 1 amide bonds. The fraction of sp³-hybridized carbons (Fsp3) is 0.211. The van der Waals surface area contributed by atoms with Crippen molar-refractivity contribution in [1.29, 1.82) is 0 Å². The first-order chi connectivity index (χ1) is 11.7. The van der Waals surface area contributed by atoms with Gasteiger partial charge in [-0.15, -0.1) is 0 Å². The highest BCUT2D eigenvalue weighted by atomic mass is 16.5. The van der Waals surface area contributed by atoms with E-state index in [4.69, 9.17) is 15.2 Å². The summed E-state index contributed by atoms with van der Waals surface area (Å²) in [5, 5.41) is 2.66. The molecule has 5 nitrogen and oxygen atoms in total. The number of amides is 1. The summed E-state index contributed by atoms with van der Waals surface area (Å²) in [4.78, 5) is 11.6. The van der Waals surface area contributed by atoms with Crippen LogP contribution in [0.1, 0.15) is 17.5 Å². The number of nitrogens with two attached hydrogens (primary N) is 1. The zero-order valence-corrected chi connectivity index (χ0v) is 13.5. The van der Waals surface area contributed by atoms with Crippen LogP contribution in [0.15, 0.2) is 48.5 Å². The van der Waals surface area contributed by atoms with Crippen molar-refractivity contribution in [1.82, 2.24) is 5.32 Å². The molecule has 0 aliphatic carbocycles. The van der Waals surface area contributed by atoms with E-state index in [1.807, 2.05) is 30.3 Å². The lowest BCUT2D eigenvalue weighted by Crippen LogP contribution is -2.24. The van der Waals surface area contributed by atoms with Crippen molar-refractivity contribution in [2.45, 2.75) is 13.0 Å². The van der Waals surface area contributed by atoms with Crippen LogP contribution in [-0.4, -0.2) is 19.7 Å². The molecule has 5 heteroatoms. The molecule has 0 spiro atoms. The van der Waals surface area contributed by atoms with Crippen molar-refractivity contribution in [2.24, 2.45) is 0 Å². The van der Waals surface area contributed by atoms with Crippen molar-refractivity contribution >= 4 is 11.8 Å². The number of ether oxygens (including phenoxy) is 2. The molecule has 2 rings (SSSR count). The van der Waals surface area contributed by atoms with Gasteiger partial charge in [-0.2, -0.15) is 0 Å². The minimum absolute atomic E-state index is 0.249. The van der Waals surface area contributed by atoms with Gasteiger partial charge in [-0.05, 0) is 23.8 Å². The van der Waals surface area contributed by atoms with Gasteiger partial charge in [0.2, 0.25) is 0 Å². The maximum atomic E-state index is 11.6. The standard InChI is InChI=1S/C19H20N2O3/c1-23-18-11-10-17(20)13-16(18)9-5-6-12-21-19(22)24-14-15-7-3-2-4-8-15/h2-4,7-8,10-11,13H,6,12,14,20H2,1H3,(H,21,22). The highest BCUT2D eigenvalue weighted by molar-refractivity contribution is 5.67. The van der Waals surface area contributed by atoms with E-state index in [0.29, 0.717) is 24.4 Å². The van der Waals surface area contributed by atoms with E-state index < -0.39 is 6.09 Å². The van der Waals surface area contributed by atoms with Gasteiger partial charge < -0.3 is 20.5 Å². The molecule has 0 aliphatic heterocycles. The molecule has 2 aromatic carbocycles. The minimum Gasteiger partial charge on any atom is -0.495 e. The van der Waals surface area contributed by atoms with Crippen LogP contribution in [0.5, 0.6) is 5.75 Å². The Morgan fingerprint density at radius 3 is 2.75 bits per heavy atom. The first kappa shape index (κ1) is 17.2. The molecular weight excluding hydrogens is 304 g/mol. The minimum atomic E-state index is -0.456. The first-order valence-corrected chi connectivity index (χ1v) is 7.56. The van der Waals surface area contributed by atoms with Gasteiger partial charge in [0.25, 0.3) is 0 Å². The Hall–Kier alpha value is -3.13. The second-order valence-electron chi connectivity index (χ2n) is 5.00. The van der Waals surface area contributed by atoms with Crippen molar-refractivity contribution < 1.29 is 14.3 Å². The van der Waals surface area contributed by atoms with Crippen LogP contribution >= 0.6 is 0 Å². The molecule has 0 unspecified atom stereocenters. The van der Waals surface area contributed by atoms with Crippen molar-refractivity contribution in [3.8, 4) is 17.6 Å². The largest absolute Gasteiger partial charge is 0.495 e. The molecule has 0 saturated carbocycles. The number of rotatable bonds is 5. The molecule has 0 saturated heterocycles. The van der Waals surface area contributed by atoms with E-state index in [1.165, 1.54) is 0 Å². The number of hydrogen-bond donors (Lipinski definition) is 2. The fourth-order valence-electron chi connectivity index (χ4n) is 1.98. The van der Waals surface area contributed by atoms with Crippen molar-refractivity contribution in [3.05, 3.63) is 59.7 Å². The molecule has 0 bridgehead atoms. The Kier molecular flexibility index (Phi) is 6.54. The van der Waals surface area contributed by atoms with Gasteiger partial charge in [0.05, 0.1) is 12.7 Å². The molecular formula is C19H20N2O3. The molecule has 0 aliphatic rings. The highest BCUT2D eigenvalue weighted by Gasteiger charge is 2.01. The normalized spacial score (nSPS) is 9.54. The third kappa shape index (κ3) is 5.58. The fourth-order valence-corrected chi connectivity index (χ4v) is 1.98. The number of benzene rings is 2. The number of methoxy groups -OCH3 is 1. The average Bonchev–Trinajstić information content (AvgIpc) is 2.61. The number of alkyl carbamates (subject to hydrolysis) is 1. The maximum Gasteiger partial charge on any atom is 0.407 e. The van der Waals surface area contributed by atoms with Crippen LogP contribution < -0.4 is 15.8 Å². The maximum absolute atomic E-state index is 11.6. The Morgan fingerprint density at radius 1 is 1.21 bits per heavy atom. The van der Waals surface area contributed by atoms with Crippen LogP contribution in [0.4, 0.5) is 10.5 Å². The van der Waals surface area contributed by atoms with Crippen molar-refractivity contribution in [2.75, 3.05) is 19.4 Å². The summed E-state index contributed by atoms with van der Waals surface area (Å²) in [6.07, 6.45) is 0.0421. The Labute approximate surface area is 141 Å². The van der Waals surface area contributed by atoms with Crippen LogP contribution in [-0.2, 0) is 11.3 Å². The summed E-state index contributed by atoms with van der Waals surface area (Å²) in [7, 11) is 1.58. The third-order valence-corrected chi connectivity index (χ3v) is 3.18. The molecule has 124 valence electrons. The lowest BCUT2D eigenvalue weighted by molar-refractivity contribution is 0.140. The number of hydrogen-bond acceptors (Lipinski definition) is 4. The van der Waals surface area contributed by atoms with Gasteiger partial charge in [-0.25, -0.2) is 4.79 Å². The molecule has 24 heavy (non-hydrogen) atoms. The SMILES string of the molecule is COc1ccc(N)cc1C#CCCNC(=O)OCc1ccccc1. The summed E-state index contributed by atoms with van der Waals surface area (Å²) >= 11 is 0. The topological polar surface area (TPSA) is 73.6 Å². The third-order valence-electron chi connectivity index (χ3n) is 3.18. The molecule has 2 aromatic rings. The average molecular weight is 324 g/mol. The number of carbonyl (C=O) groups excluding carboxylic acids is 1. The van der Waals surface area contributed by atoms with Gasteiger partial charge >= 0.3 is 6.09 Å². The smallest absolute Gasteiger partial charge is 0.407 e. The first-order valence-electron chi connectivity index (χ1n) is 7.56. The van der Waals surface area contributed by atoms with Gasteiger partial charge in [0.15, 0.2) is 0 Å². The summed E-state index contributed by atoms with van der Waals surface area (Å²) in [6.45, 7) is 0.657. The van der Waals surface area contributed by atoms with E-state index in [9.17, 15) is 4.79 Å². The number of nitrogen functional groups attached to an aromatic ring is 1. The Balaban J connectivity index is 1.73. The molecule has 3 N–H and O–H groups in total. The molecule has 0 aromatic heterocycles. The molecule has 0 atom stereocenters. The number of nitrogens with one attached hydrogen (secondary N) is 1. The lowest BCUT2D eigenvalue weighted by Gasteiger charge is -2.05. The van der Waals surface area contributed by atoms with E-state index in [2.05, 4.69) is 17.2 Å². The Bertz CT molecular complexity index is 733. The van der Waals surface area contributed by atoms with Gasteiger partial charge in [0, 0.05) is 18.7 Å². The quantitative estimate of drug-likeness (QED) is 0.504. The molecule has 0 heterocycles. The summed E-state index contributed by atoms with van der Waals surface area (Å²) in [5.41, 5.74) is 8.04. The van der Waals surface area contributed by atoms with Gasteiger partial charge in [-0.1, -0.05) is 42.2 Å². The Morgan fingerprint density at radius 2 is 2.00 bits per heavy atom. The predicted octanol–water partition coefficient (Wildman–Crippen LogP) is 2.95.